The molecular weight excluding hydrogens is 331 g/mol. The van der Waals surface area contributed by atoms with Gasteiger partial charge in [0.15, 0.2) is 0 Å². The number of benzene rings is 2. The Labute approximate surface area is 141 Å². The SMILES string of the molecule is O=c1cccc(-c2ccc(OC(F)(F)F)cc2)n1Cc1ccccc1. The second kappa shape index (κ2) is 6.84. The van der Waals surface area contributed by atoms with Crippen molar-refractivity contribution >= 4 is 0 Å². The second-order valence-electron chi connectivity index (χ2n) is 5.39. The van der Waals surface area contributed by atoms with Crippen LogP contribution in [0, 0.1) is 0 Å². The van der Waals surface area contributed by atoms with E-state index in [1.54, 1.807) is 16.7 Å². The first-order valence-electron chi connectivity index (χ1n) is 7.52. The average molecular weight is 345 g/mol. The Hall–Kier alpha value is -3.02. The molecule has 2 aromatic carbocycles. The summed E-state index contributed by atoms with van der Waals surface area (Å²) in [6.07, 6.45) is -4.73. The third-order valence-corrected chi connectivity index (χ3v) is 3.62. The maximum absolute atomic E-state index is 12.3. The van der Waals surface area contributed by atoms with Crippen LogP contribution in [0.25, 0.3) is 11.3 Å². The van der Waals surface area contributed by atoms with Crippen LogP contribution in [0.3, 0.4) is 0 Å². The fourth-order valence-electron chi connectivity index (χ4n) is 2.53. The number of ether oxygens (including phenoxy) is 1. The number of alkyl halides is 3. The maximum atomic E-state index is 12.3. The van der Waals surface area contributed by atoms with Gasteiger partial charge in [-0.15, -0.1) is 13.2 Å². The van der Waals surface area contributed by atoms with Gasteiger partial charge in [-0.1, -0.05) is 36.4 Å². The van der Waals surface area contributed by atoms with Crippen LogP contribution in [0.4, 0.5) is 13.2 Å². The van der Waals surface area contributed by atoms with Gasteiger partial charge in [0.25, 0.3) is 5.56 Å². The summed E-state index contributed by atoms with van der Waals surface area (Å²) in [7, 11) is 0. The van der Waals surface area contributed by atoms with E-state index in [1.165, 1.54) is 30.3 Å². The molecule has 0 atom stereocenters. The third-order valence-electron chi connectivity index (χ3n) is 3.62. The van der Waals surface area contributed by atoms with Gasteiger partial charge in [0, 0.05) is 6.07 Å². The number of rotatable bonds is 4. The molecule has 3 rings (SSSR count). The van der Waals surface area contributed by atoms with E-state index < -0.39 is 6.36 Å². The molecule has 0 aliphatic rings. The van der Waals surface area contributed by atoms with Crippen LogP contribution in [0.1, 0.15) is 5.56 Å². The summed E-state index contributed by atoms with van der Waals surface area (Å²) in [6.45, 7) is 0.372. The number of hydrogen-bond acceptors (Lipinski definition) is 2. The van der Waals surface area contributed by atoms with Crippen molar-refractivity contribution in [1.82, 2.24) is 4.57 Å². The molecule has 3 aromatic rings. The predicted molar refractivity (Wildman–Crippen MR) is 88.4 cm³/mol. The summed E-state index contributed by atoms with van der Waals surface area (Å²) >= 11 is 0. The van der Waals surface area contributed by atoms with Gasteiger partial charge in [-0.2, -0.15) is 0 Å². The molecule has 6 heteroatoms. The molecule has 0 saturated heterocycles. The Bertz CT molecular complexity index is 900. The molecule has 0 fully saturated rings. The van der Waals surface area contributed by atoms with Gasteiger partial charge < -0.3 is 9.30 Å². The van der Waals surface area contributed by atoms with E-state index in [2.05, 4.69) is 4.74 Å². The standard InChI is InChI=1S/C19H14F3NO2/c20-19(21,22)25-16-11-9-15(10-12-16)17-7-4-8-18(24)23(17)13-14-5-2-1-3-6-14/h1-12H,13H2. The first-order chi connectivity index (χ1) is 11.9. The largest absolute Gasteiger partial charge is 0.573 e. The summed E-state index contributed by atoms with van der Waals surface area (Å²) in [6, 6.07) is 19.7. The minimum Gasteiger partial charge on any atom is -0.406 e. The quantitative estimate of drug-likeness (QED) is 0.699. The van der Waals surface area contributed by atoms with Crippen LogP contribution >= 0.6 is 0 Å². The van der Waals surface area contributed by atoms with Crippen molar-refractivity contribution in [1.29, 1.82) is 0 Å². The van der Waals surface area contributed by atoms with E-state index in [9.17, 15) is 18.0 Å². The lowest BCUT2D eigenvalue weighted by Gasteiger charge is -2.14. The smallest absolute Gasteiger partial charge is 0.406 e. The zero-order chi connectivity index (χ0) is 17.9. The minimum absolute atomic E-state index is 0.183. The summed E-state index contributed by atoms with van der Waals surface area (Å²) in [4.78, 5) is 12.3. The Morgan fingerprint density at radius 2 is 1.52 bits per heavy atom. The van der Waals surface area contributed by atoms with E-state index in [1.807, 2.05) is 30.3 Å². The van der Waals surface area contributed by atoms with Gasteiger partial charge in [-0.25, -0.2) is 0 Å². The Balaban J connectivity index is 1.95. The highest BCUT2D eigenvalue weighted by molar-refractivity contribution is 5.60. The molecule has 0 amide bonds. The number of aromatic nitrogens is 1. The fourth-order valence-corrected chi connectivity index (χ4v) is 2.53. The molecule has 1 heterocycles. The molecule has 0 saturated carbocycles. The number of hydrogen-bond donors (Lipinski definition) is 0. The van der Waals surface area contributed by atoms with Crippen molar-refractivity contribution in [3.63, 3.8) is 0 Å². The molecule has 1 aromatic heterocycles. The van der Waals surface area contributed by atoms with E-state index in [0.29, 0.717) is 17.8 Å². The van der Waals surface area contributed by atoms with Gasteiger partial charge in [-0.05, 0) is 41.5 Å². The first kappa shape index (κ1) is 16.8. The molecule has 0 aliphatic heterocycles. The maximum Gasteiger partial charge on any atom is 0.573 e. The second-order valence-corrected chi connectivity index (χ2v) is 5.39. The lowest BCUT2D eigenvalue weighted by Crippen LogP contribution is -2.21. The highest BCUT2D eigenvalue weighted by Crippen LogP contribution is 2.26. The number of nitrogens with zero attached hydrogens (tertiary/aromatic N) is 1. The highest BCUT2D eigenvalue weighted by Gasteiger charge is 2.31. The topological polar surface area (TPSA) is 31.2 Å². The Morgan fingerprint density at radius 1 is 0.840 bits per heavy atom. The minimum atomic E-state index is -4.73. The van der Waals surface area contributed by atoms with Gasteiger partial charge >= 0.3 is 6.36 Å². The van der Waals surface area contributed by atoms with Crippen LogP contribution in [0.5, 0.6) is 5.75 Å². The van der Waals surface area contributed by atoms with Crippen molar-refractivity contribution in [3.8, 4) is 17.0 Å². The highest BCUT2D eigenvalue weighted by atomic mass is 19.4. The van der Waals surface area contributed by atoms with Crippen molar-refractivity contribution in [2.75, 3.05) is 0 Å². The lowest BCUT2D eigenvalue weighted by molar-refractivity contribution is -0.274. The summed E-state index contributed by atoms with van der Waals surface area (Å²) in [5.41, 5.74) is 2.02. The summed E-state index contributed by atoms with van der Waals surface area (Å²) in [5.74, 6) is -0.302. The van der Waals surface area contributed by atoms with Gasteiger partial charge in [0.2, 0.25) is 0 Å². The number of halogens is 3. The van der Waals surface area contributed by atoms with Gasteiger partial charge in [-0.3, -0.25) is 4.79 Å². The Morgan fingerprint density at radius 3 is 2.16 bits per heavy atom. The van der Waals surface area contributed by atoms with E-state index in [4.69, 9.17) is 0 Å². The third kappa shape index (κ3) is 4.29. The van der Waals surface area contributed by atoms with Crippen molar-refractivity contribution in [2.24, 2.45) is 0 Å². The molecule has 25 heavy (non-hydrogen) atoms. The molecule has 128 valence electrons. The summed E-state index contributed by atoms with van der Waals surface area (Å²) < 4.78 is 42.2. The van der Waals surface area contributed by atoms with Crippen LogP contribution in [0.15, 0.2) is 77.6 Å². The zero-order valence-corrected chi connectivity index (χ0v) is 13.0. The molecule has 0 aliphatic carbocycles. The molecule has 0 spiro atoms. The van der Waals surface area contributed by atoms with Gasteiger partial charge in [0.1, 0.15) is 5.75 Å². The van der Waals surface area contributed by atoms with Crippen LogP contribution in [0.2, 0.25) is 0 Å². The van der Waals surface area contributed by atoms with Crippen LogP contribution in [-0.2, 0) is 6.54 Å². The molecule has 3 nitrogen and oxygen atoms in total. The lowest BCUT2D eigenvalue weighted by atomic mass is 10.1. The monoisotopic (exact) mass is 345 g/mol. The van der Waals surface area contributed by atoms with Crippen LogP contribution in [-0.4, -0.2) is 10.9 Å². The molecule has 0 bridgehead atoms. The predicted octanol–water partition coefficient (Wildman–Crippen LogP) is 4.46. The zero-order valence-electron chi connectivity index (χ0n) is 13.0. The first-order valence-corrected chi connectivity index (χ1v) is 7.52. The van der Waals surface area contributed by atoms with Crippen molar-refractivity contribution in [2.45, 2.75) is 12.9 Å². The van der Waals surface area contributed by atoms with Crippen molar-refractivity contribution < 1.29 is 17.9 Å². The summed E-state index contributed by atoms with van der Waals surface area (Å²) in [5, 5.41) is 0. The van der Waals surface area contributed by atoms with E-state index >= 15 is 0 Å². The molecule has 0 radical (unpaired) electrons. The van der Waals surface area contributed by atoms with Crippen LogP contribution < -0.4 is 10.3 Å². The fraction of sp³-hybridized carbons (Fsp3) is 0.105. The van der Waals surface area contributed by atoms with Crippen molar-refractivity contribution in [3.05, 3.63) is 88.7 Å². The van der Waals surface area contributed by atoms with Gasteiger partial charge in [0.05, 0.1) is 12.2 Å². The molecular formula is C19H14F3NO2. The molecule has 0 N–H and O–H groups in total. The molecule has 0 unspecified atom stereocenters. The average Bonchev–Trinajstić information content (AvgIpc) is 2.57. The number of pyridine rings is 1. The van der Waals surface area contributed by atoms with E-state index in [-0.39, 0.29) is 11.3 Å². The Kier molecular flexibility index (Phi) is 4.61. The normalized spacial score (nSPS) is 11.3. The van der Waals surface area contributed by atoms with E-state index in [0.717, 1.165) is 5.56 Å².